The molecule has 0 aliphatic carbocycles. The van der Waals surface area contributed by atoms with Gasteiger partial charge in [0.25, 0.3) is 0 Å². The second-order valence-corrected chi connectivity index (χ2v) is 12.9. The van der Waals surface area contributed by atoms with Crippen molar-refractivity contribution in [3.63, 3.8) is 0 Å². The highest BCUT2D eigenvalue weighted by molar-refractivity contribution is 9.09. The summed E-state index contributed by atoms with van der Waals surface area (Å²) in [6.07, 6.45) is 2.20. The standard InChI is InChI=1S/C22H33BrN2O5S/c1-7-8-24(21(4,5)6)19(28)17-22-9-12(23)16(31-22)14(20(29)30)15(22)18(27)25(17)13(10-26)11(2)3/h7,11-17,26H,1,8-10H2,2-6H3,(H,29,30)/t12?,13-,14-,15-,16-,17?,22?/m0/s1. The zero-order chi connectivity index (χ0) is 23.5. The van der Waals surface area contributed by atoms with Crippen molar-refractivity contribution in [1.29, 1.82) is 0 Å². The van der Waals surface area contributed by atoms with E-state index >= 15 is 0 Å². The van der Waals surface area contributed by atoms with Gasteiger partial charge in [-0.3, -0.25) is 14.4 Å². The molecule has 2 bridgehead atoms. The maximum absolute atomic E-state index is 14.1. The molecule has 0 saturated carbocycles. The van der Waals surface area contributed by atoms with Crippen LogP contribution in [0.2, 0.25) is 0 Å². The fraction of sp³-hybridized carbons (Fsp3) is 0.773. The first-order valence-corrected chi connectivity index (χ1v) is 12.5. The molecule has 0 aromatic carbocycles. The molecule has 3 unspecified atom stereocenters. The van der Waals surface area contributed by atoms with Crippen LogP contribution in [0.1, 0.15) is 41.0 Å². The van der Waals surface area contributed by atoms with E-state index in [1.54, 1.807) is 11.0 Å². The van der Waals surface area contributed by atoms with Gasteiger partial charge in [-0.05, 0) is 33.1 Å². The molecule has 3 rings (SSSR count). The molecule has 3 saturated heterocycles. The summed E-state index contributed by atoms with van der Waals surface area (Å²) in [6.45, 7) is 13.4. The Labute approximate surface area is 196 Å². The number of amides is 2. The number of likely N-dealkylation sites (tertiary alicyclic amines) is 1. The predicted octanol–water partition coefficient (Wildman–Crippen LogP) is 2.37. The van der Waals surface area contributed by atoms with Gasteiger partial charge < -0.3 is 20.0 Å². The number of carbonyl (C=O) groups excluding carboxylic acids is 2. The maximum atomic E-state index is 14.1. The van der Waals surface area contributed by atoms with E-state index in [2.05, 4.69) is 22.5 Å². The summed E-state index contributed by atoms with van der Waals surface area (Å²) in [5, 5.41) is 19.9. The van der Waals surface area contributed by atoms with Crippen molar-refractivity contribution >= 4 is 45.5 Å². The number of nitrogens with zero attached hydrogens (tertiary/aromatic N) is 2. The molecule has 0 aromatic heterocycles. The molecule has 7 atom stereocenters. The zero-order valence-electron chi connectivity index (χ0n) is 18.7. The third-order valence-corrected chi connectivity index (χ3v) is 10.2. The molecule has 1 spiro atoms. The lowest BCUT2D eigenvalue weighted by Crippen LogP contribution is -2.61. The molecule has 3 aliphatic heterocycles. The van der Waals surface area contributed by atoms with E-state index in [1.165, 1.54) is 16.7 Å². The highest BCUT2D eigenvalue weighted by atomic mass is 79.9. The second kappa shape index (κ2) is 8.37. The van der Waals surface area contributed by atoms with Crippen molar-refractivity contribution in [2.45, 2.75) is 73.5 Å². The van der Waals surface area contributed by atoms with Crippen LogP contribution in [0.25, 0.3) is 0 Å². The number of thioether (sulfide) groups is 1. The molecule has 3 heterocycles. The Balaban J connectivity index is 2.18. The first kappa shape index (κ1) is 24.6. The minimum atomic E-state index is -1.00. The van der Waals surface area contributed by atoms with Crippen LogP contribution >= 0.6 is 27.7 Å². The lowest BCUT2D eigenvalue weighted by Gasteiger charge is -2.44. The molecule has 0 radical (unpaired) electrons. The largest absolute Gasteiger partial charge is 0.481 e. The van der Waals surface area contributed by atoms with E-state index in [9.17, 15) is 24.6 Å². The van der Waals surface area contributed by atoms with Crippen molar-refractivity contribution in [1.82, 2.24) is 9.80 Å². The summed E-state index contributed by atoms with van der Waals surface area (Å²) < 4.78 is -0.830. The molecule has 2 N–H and O–H groups in total. The summed E-state index contributed by atoms with van der Waals surface area (Å²) in [6, 6.07) is -1.39. The Morgan fingerprint density at radius 3 is 2.48 bits per heavy atom. The third kappa shape index (κ3) is 3.64. The van der Waals surface area contributed by atoms with Gasteiger partial charge >= 0.3 is 5.97 Å². The number of carboxylic acid groups (broad SMARTS) is 1. The lowest BCUT2D eigenvalue weighted by molar-refractivity contribution is -0.151. The third-order valence-electron chi connectivity index (χ3n) is 6.95. The summed E-state index contributed by atoms with van der Waals surface area (Å²) in [7, 11) is 0. The Bertz CT molecular complexity index is 784. The lowest BCUT2D eigenvalue weighted by atomic mass is 9.71. The van der Waals surface area contributed by atoms with E-state index in [-0.39, 0.29) is 34.4 Å². The number of hydrogen-bond donors (Lipinski definition) is 2. The van der Waals surface area contributed by atoms with Gasteiger partial charge in [0.1, 0.15) is 6.04 Å². The minimum absolute atomic E-state index is 0.0905. The summed E-state index contributed by atoms with van der Waals surface area (Å²) in [5.41, 5.74) is -0.511. The number of rotatable bonds is 7. The molecular weight excluding hydrogens is 484 g/mol. The summed E-state index contributed by atoms with van der Waals surface area (Å²) in [4.78, 5) is 43.3. The topological polar surface area (TPSA) is 98.2 Å². The van der Waals surface area contributed by atoms with Crippen molar-refractivity contribution in [3.8, 4) is 0 Å². The first-order chi connectivity index (χ1) is 14.3. The molecular formula is C22H33BrN2O5S. The fourth-order valence-corrected chi connectivity index (χ4v) is 9.16. The smallest absolute Gasteiger partial charge is 0.308 e. The van der Waals surface area contributed by atoms with Crippen molar-refractivity contribution in [2.75, 3.05) is 13.2 Å². The van der Waals surface area contributed by atoms with E-state index in [0.717, 1.165) is 0 Å². The zero-order valence-corrected chi connectivity index (χ0v) is 21.1. The van der Waals surface area contributed by atoms with Crippen LogP contribution in [0.4, 0.5) is 0 Å². The minimum Gasteiger partial charge on any atom is -0.481 e. The van der Waals surface area contributed by atoms with Gasteiger partial charge in [-0.25, -0.2) is 0 Å². The summed E-state index contributed by atoms with van der Waals surface area (Å²) in [5.74, 6) is -3.25. The second-order valence-electron chi connectivity index (χ2n) is 10.1. The van der Waals surface area contributed by atoms with Gasteiger partial charge in [0.05, 0.1) is 29.2 Å². The van der Waals surface area contributed by atoms with Crippen LogP contribution in [-0.4, -0.2) is 83.4 Å². The van der Waals surface area contributed by atoms with Gasteiger partial charge in [-0.2, -0.15) is 0 Å². The number of carboxylic acids is 1. The molecule has 2 amide bonds. The Morgan fingerprint density at radius 2 is 2.03 bits per heavy atom. The van der Waals surface area contributed by atoms with Gasteiger partial charge in [0.2, 0.25) is 11.8 Å². The van der Waals surface area contributed by atoms with Crippen LogP contribution in [0.15, 0.2) is 12.7 Å². The van der Waals surface area contributed by atoms with Crippen LogP contribution < -0.4 is 0 Å². The van der Waals surface area contributed by atoms with Crippen molar-refractivity contribution < 1.29 is 24.6 Å². The normalized spacial score (nSPS) is 35.4. The Kier molecular flexibility index (Phi) is 6.64. The highest BCUT2D eigenvalue weighted by Gasteiger charge is 2.76. The number of hydrogen-bond acceptors (Lipinski definition) is 5. The average Bonchev–Trinajstić information content (AvgIpc) is 3.23. The van der Waals surface area contributed by atoms with Crippen LogP contribution in [0, 0.1) is 17.8 Å². The monoisotopic (exact) mass is 516 g/mol. The number of alkyl halides is 1. The number of halogens is 1. The number of aliphatic hydroxyl groups is 1. The first-order valence-electron chi connectivity index (χ1n) is 10.7. The quantitative estimate of drug-likeness (QED) is 0.398. The molecule has 3 fully saturated rings. The number of aliphatic carboxylic acids is 1. The van der Waals surface area contributed by atoms with Crippen LogP contribution in [0.3, 0.4) is 0 Å². The molecule has 0 aromatic rings. The van der Waals surface area contributed by atoms with Crippen molar-refractivity contribution in [2.24, 2.45) is 17.8 Å². The number of aliphatic hydroxyl groups excluding tert-OH is 1. The van der Waals surface area contributed by atoms with Gasteiger partial charge in [0.15, 0.2) is 0 Å². The Hall–Kier alpha value is -1.06. The molecule has 7 nitrogen and oxygen atoms in total. The fourth-order valence-electron chi connectivity index (χ4n) is 5.58. The van der Waals surface area contributed by atoms with Gasteiger partial charge in [-0.15, -0.1) is 18.3 Å². The number of fused-ring (bicyclic) bond motifs is 1. The maximum Gasteiger partial charge on any atom is 0.308 e. The molecule has 9 heteroatoms. The molecule has 3 aliphatic rings. The van der Waals surface area contributed by atoms with Crippen LogP contribution in [0.5, 0.6) is 0 Å². The van der Waals surface area contributed by atoms with Gasteiger partial charge in [-0.1, -0.05) is 35.9 Å². The summed E-state index contributed by atoms with van der Waals surface area (Å²) >= 11 is 5.12. The van der Waals surface area contributed by atoms with E-state index in [4.69, 9.17) is 0 Å². The molecule has 31 heavy (non-hydrogen) atoms. The van der Waals surface area contributed by atoms with Crippen molar-refractivity contribution in [3.05, 3.63) is 12.7 Å². The van der Waals surface area contributed by atoms with E-state index in [1.807, 2.05) is 34.6 Å². The highest BCUT2D eigenvalue weighted by Crippen LogP contribution is 2.68. The van der Waals surface area contributed by atoms with E-state index in [0.29, 0.717) is 13.0 Å². The van der Waals surface area contributed by atoms with Crippen LogP contribution in [-0.2, 0) is 14.4 Å². The SMILES string of the molecule is C=CCN(C(=O)C1N([C@@H](CO)C(C)C)C(=O)[C@@H]2[C@H](C(=O)O)[C@H]3SC12CC3Br)C(C)(C)C. The number of carbonyl (C=O) groups is 3. The van der Waals surface area contributed by atoms with Gasteiger partial charge in [0, 0.05) is 22.2 Å². The molecule has 174 valence electrons. The average molecular weight is 517 g/mol. The predicted molar refractivity (Wildman–Crippen MR) is 124 cm³/mol. The Morgan fingerprint density at radius 1 is 1.42 bits per heavy atom. The van der Waals surface area contributed by atoms with E-state index < -0.39 is 40.2 Å².